The molecule has 0 fully saturated rings. The molecule has 1 aromatic heterocycles. The number of rotatable bonds is 5. The molecular weight excluding hydrogens is 228 g/mol. The molecule has 0 bridgehead atoms. The van der Waals surface area contributed by atoms with Crippen LogP contribution in [0.5, 0.6) is 0 Å². The molecule has 5 heteroatoms. The van der Waals surface area contributed by atoms with Gasteiger partial charge in [-0.3, -0.25) is 4.79 Å². The molecule has 0 radical (unpaired) electrons. The lowest BCUT2D eigenvalue weighted by Crippen LogP contribution is -2.03. The quantitative estimate of drug-likeness (QED) is 0.865. The first-order valence-corrected chi connectivity index (χ1v) is 5.71. The second-order valence-electron chi connectivity index (χ2n) is 4.32. The van der Waals surface area contributed by atoms with Crippen LogP contribution >= 0.6 is 11.6 Å². The van der Waals surface area contributed by atoms with Gasteiger partial charge in [0.1, 0.15) is 11.0 Å². The number of imidazole rings is 1. The number of aliphatic carboxylic acids is 1. The van der Waals surface area contributed by atoms with Gasteiger partial charge in [-0.25, -0.2) is 4.98 Å². The molecule has 1 rings (SSSR count). The molecule has 4 nitrogen and oxygen atoms in total. The summed E-state index contributed by atoms with van der Waals surface area (Å²) in [4.78, 5) is 14.9. The maximum Gasteiger partial charge on any atom is 0.303 e. The average molecular weight is 245 g/mol. The molecule has 0 atom stereocenters. The Morgan fingerprint density at radius 3 is 2.69 bits per heavy atom. The van der Waals surface area contributed by atoms with E-state index in [0.717, 1.165) is 17.9 Å². The van der Waals surface area contributed by atoms with Crippen LogP contribution in [-0.2, 0) is 24.7 Å². The molecule has 1 aromatic rings. The van der Waals surface area contributed by atoms with Crippen molar-refractivity contribution in [3.63, 3.8) is 0 Å². The molecule has 0 aliphatic rings. The largest absolute Gasteiger partial charge is 0.481 e. The third-order valence-corrected chi connectivity index (χ3v) is 2.82. The van der Waals surface area contributed by atoms with E-state index in [1.54, 1.807) is 4.57 Å². The zero-order valence-electron chi connectivity index (χ0n) is 9.83. The van der Waals surface area contributed by atoms with Gasteiger partial charge >= 0.3 is 5.97 Å². The van der Waals surface area contributed by atoms with Gasteiger partial charge in [0.15, 0.2) is 0 Å². The lowest BCUT2D eigenvalue weighted by Gasteiger charge is -2.01. The summed E-state index contributed by atoms with van der Waals surface area (Å²) in [5, 5.41) is 9.24. The van der Waals surface area contributed by atoms with Crippen LogP contribution in [0.25, 0.3) is 0 Å². The first-order chi connectivity index (χ1) is 7.41. The van der Waals surface area contributed by atoms with E-state index in [4.69, 9.17) is 16.7 Å². The predicted octanol–water partition coefficient (Wildman–Crippen LogP) is 2.29. The lowest BCUT2D eigenvalue weighted by molar-refractivity contribution is -0.137. The van der Waals surface area contributed by atoms with Crippen molar-refractivity contribution in [3.8, 4) is 0 Å². The highest BCUT2D eigenvalue weighted by molar-refractivity contribution is 6.30. The van der Waals surface area contributed by atoms with E-state index in [9.17, 15) is 4.79 Å². The summed E-state index contributed by atoms with van der Waals surface area (Å²) in [7, 11) is 1.82. The van der Waals surface area contributed by atoms with Crippen LogP contribution in [0.1, 0.15) is 31.8 Å². The van der Waals surface area contributed by atoms with E-state index in [1.165, 1.54) is 0 Å². The van der Waals surface area contributed by atoms with Crippen molar-refractivity contribution in [2.45, 2.75) is 33.1 Å². The summed E-state index contributed by atoms with van der Waals surface area (Å²) in [6, 6.07) is 0. The minimum absolute atomic E-state index is 0.0856. The van der Waals surface area contributed by atoms with E-state index >= 15 is 0 Å². The fraction of sp³-hybridized carbons (Fsp3) is 0.636. The van der Waals surface area contributed by atoms with E-state index < -0.39 is 5.97 Å². The first kappa shape index (κ1) is 13.0. The fourth-order valence-electron chi connectivity index (χ4n) is 1.54. The van der Waals surface area contributed by atoms with Crippen molar-refractivity contribution >= 4 is 17.6 Å². The molecule has 0 saturated heterocycles. The zero-order valence-corrected chi connectivity index (χ0v) is 10.6. The minimum Gasteiger partial charge on any atom is -0.481 e. The van der Waals surface area contributed by atoms with Gasteiger partial charge in [-0.1, -0.05) is 25.4 Å². The SMILES string of the molecule is CC(C)Cc1nc(CCC(=O)O)n(C)c1Cl. The molecule has 16 heavy (non-hydrogen) atoms. The normalized spacial score (nSPS) is 11.1. The Morgan fingerprint density at radius 1 is 1.56 bits per heavy atom. The van der Waals surface area contributed by atoms with Crippen molar-refractivity contribution in [1.29, 1.82) is 0 Å². The molecule has 90 valence electrons. The second kappa shape index (κ2) is 5.34. The van der Waals surface area contributed by atoms with Gasteiger partial charge in [0.25, 0.3) is 0 Å². The molecule has 1 N–H and O–H groups in total. The average Bonchev–Trinajstić information content (AvgIpc) is 2.42. The molecular formula is C11H17ClN2O2. The number of nitrogens with zero attached hydrogens (tertiary/aromatic N) is 2. The van der Waals surface area contributed by atoms with Gasteiger partial charge in [-0.2, -0.15) is 0 Å². The van der Waals surface area contributed by atoms with Crippen molar-refractivity contribution in [3.05, 3.63) is 16.7 Å². The van der Waals surface area contributed by atoms with Gasteiger partial charge in [0.2, 0.25) is 0 Å². The number of carboxylic acids is 1. The highest BCUT2D eigenvalue weighted by atomic mass is 35.5. The Hall–Kier alpha value is -1.03. The number of carboxylic acid groups (broad SMARTS) is 1. The number of hydrogen-bond acceptors (Lipinski definition) is 2. The number of aryl methyl sites for hydroxylation is 1. The topological polar surface area (TPSA) is 55.1 Å². The Morgan fingerprint density at radius 2 is 2.19 bits per heavy atom. The Kier molecular flexibility index (Phi) is 4.35. The van der Waals surface area contributed by atoms with Crippen LogP contribution in [0, 0.1) is 5.92 Å². The molecule has 0 spiro atoms. The molecule has 1 heterocycles. The summed E-state index contributed by atoms with van der Waals surface area (Å²) >= 11 is 6.13. The maximum absolute atomic E-state index is 10.5. The first-order valence-electron chi connectivity index (χ1n) is 5.33. The number of aromatic nitrogens is 2. The fourth-order valence-corrected chi connectivity index (χ4v) is 1.76. The number of halogens is 1. The highest BCUT2D eigenvalue weighted by Gasteiger charge is 2.14. The van der Waals surface area contributed by atoms with Gasteiger partial charge in [-0.15, -0.1) is 0 Å². The highest BCUT2D eigenvalue weighted by Crippen LogP contribution is 2.20. The summed E-state index contributed by atoms with van der Waals surface area (Å²) in [5.41, 5.74) is 0.861. The molecule has 0 aromatic carbocycles. The van der Waals surface area contributed by atoms with Crippen LogP contribution in [0.15, 0.2) is 0 Å². The van der Waals surface area contributed by atoms with E-state index in [2.05, 4.69) is 18.8 Å². The summed E-state index contributed by atoms with van der Waals surface area (Å²) < 4.78 is 1.77. The van der Waals surface area contributed by atoms with Crippen LogP contribution in [0.2, 0.25) is 5.15 Å². The van der Waals surface area contributed by atoms with Gasteiger partial charge in [-0.05, 0) is 12.3 Å². The zero-order chi connectivity index (χ0) is 12.3. The van der Waals surface area contributed by atoms with Crippen LogP contribution in [-0.4, -0.2) is 20.6 Å². The number of carbonyl (C=O) groups is 1. The molecule has 0 aliphatic heterocycles. The molecule has 0 saturated carbocycles. The monoisotopic (exact) mass is 244 g/mol. The van der Waals surface area contributed by atoms with Gasteiger partial charge in [0, 0.05) is 13.5 Å². The maximum atomic E-state index is 10.5. The molecule has 0 aliphatic carbocycles. The Labute approximate surface area is 100 Å². The summed E-state index contributed by atoms with van der Waals surface area (Å²) in [6.45, 7) is 4.20. The number of hydrogen-bond donors (Lipinski definition) is 1. The van der Waals surface area contributed by atoms with Crippen LogP contribution < -0.4 is 0 Å². The lowest BCUT2D eigenvalue weighted by atomic mass is 10.1. The predicted molar refractivity (Wildman–Crippen MR) is 62.7 cm³/mol. The van der Waals surface area contributed by atoms with E-state index in [-0.39, 0.29) is 6.42 Å². The van der Waals surface area contributed by atoms with Crippen molar-refractivity contribution in [2.24, 2.45) is 13.0 Å². The third kappa shape index (κ3) is 3.23. The van der Waals surface area contributed by atoms with Gasteiger partial charge in [0.05, 0.1) is 12.1 Å². The smallest absolute Gasteiger partial charge is 0.303 e. The summed E-state index contributed by atoms with van der Waals surface area (Å²) in [6.07, 6.45) is 1.33. The Balaban J connectivity index is 2.82. The van der Waals surface area contributed by atoms with E-state index in [0.29, 0.717) is 17.5 Å². The Bertz CT molecular complexity index is 386. The molecule has 0 unspecified atom stereocenters. The standard InChI is InChI=1S/C11H17ClN2O2/c1-7(2)6-8-11(12)14(3)9(13-8)4-5-10(15)16/h7H,4-6H2,1-3H3,(H,15,16). The second-order valence-corrected chi connectivity index (χ2v) is 4.67. The van der Waals surface area contributed by atoms with Crippen molar-refractivity contribution in [1.82, 2.24) is 9.55 Å². The minimum atomic E-state index is -0.815. The van der Waals surface area contributed by atoms with Gasteiger partial charge < -0.3 is 9.67 Å². The molecule has 0 amide bonds. The van der Waals surface area contributed by atoms with Crippen LogP contribution in [0.3, 0.4) is 0 Å². The van der Waals surface area contributed by atoms with E-state index in [1.807, 2.05) is 7.05 Å². The van der Waals surface area contributed by atoms with Crippen molar-refractivity contribution in [2.75, 3.05) is 0 Å². The van der Waals surface area contributed by atoms with Crippen LogP contribution in [0.4, 0.5) is 0 Å². The van der Waals surface area contributed by atoms with Crippen molar-refractivity contribution < 1.29 is 9.90 Å². The summed E-state index contributed by atoms with van der Waals surface area (Å²) in [5.74, 6) is 0.410. The third-order valence-electron chi connectivity index (χ3n) is 2.35.